The molecule has 0 bridgehead atoms. The van der Waals surface area contributed by atoms with Crippen molar-refractivity contribution in [2.75, 3.05) is 12.4 Å². The fraction of sp³-hybridized carbons (Fsp3) is 0.474. The van der Waals surface area contributed by atoms with Crippen LogP contribution in [0.2, 0.25) is 0 Å². The first kappa shape index (κ1) is 17.0. The van der Waals surface area contributed by atoms with Gasteiger partial charge in [0.15, 0.2) is 5.11 Å². The monoisotopic (exact) mass is 343 g/mol. The molecule has 1 aromatic heterocycles. The van der Waals surface area contributed by atoms with Crippen LogP contribution in [0.15, 0.2) is 30.5 Å². The third kappa shape index (κ3) is 4.15. The minimum Gasteiger partial charge on any atom is -0.494 e. The molecule has 0 radical (unpaired) electrons. The van der Waals surface area contributed by atoms with Gasteiger partial charge in [0, 0.05) is 23.3 Å². The van der Waals surface area contributed by atoms with Crippen molar-refractivity contribution in [3.63, 3.8) is 0 Å². The lowest BCUT2D eigenvalue weighted by molar-refractivity contribution is 0.419. The fourth-order valence-electron chi connectivity index (χ4n) is 3.36. The number of pyridine rings is 1. The molecular formula is C19H25N3OS. The van der Waals surface area contributed by atoms with E-state index in [0.29, 0.717) is 11.2 Å². The first-order valence-corrected chi connectivity index (χ1v) is 9.18. The van der Waals surface area contributed by atoms with Crippen LogP contribution in [-0.4, -0.2) is 23.2 Å². The van der Waals surface area contributed by atoms with E-state index >= 15 is 0 Å². The molecule has 3 rings (SSSR count). The van der Waals surface area contributed by atoms with E-state index in [1.165, 1.54) is 44.9 Å². The molecule has 1 aliphatic rings. The topological polar surface area (TPSA) is 46.2 Å². The number of rotatable bonds is 3. The molecule has 0 amide bonds. The molecule has 24 heavy (non-hydrogen) atoms. The van der Waals surface area contributed by atoms with Crippen molar-refractivity contribution >= 4 is 33.9 Å². The quantitative estimate of drug-likeness (QED) is 0.795. The normalized spacial score (nSPS) is 16.2. The number of anilines is 1. The van der Waals surface area contributed by atoms with Gasteiger partial charge in [0.1, 0.15) is 11.3 Å². The minimum atomic E-state index is 0.480. The number of nitrogens with one attached hydrogen (secondary N) is 2. The van der Waals surface area contributed by atoms with E-state index in [9.17, 15) is 0 Å². The fourth-order valence-corrected chi connectivity index (χ4v) is 3.64. The summed E-state index contributed by atoms with van der Waals surface area (Å²) in [5.74, 6) is 0.773. The molecule has 2 aromatic rings. The van der Waals surface area contributed by atoms with Crippen LogP contribution in [0.25, 0.3) is 10.9 Å². The Balaban J connectivity index is 1.71. The van der Waals surface area contributed by atoms with Crippen molar-refractivity contribution in [2.24, 2.45) is 0 Å². The third-order valence-electron chi connectivity index (χ3n) is 4.64. The second-order valence-electron chi connectivity index (χ2n) is 6.36. The number of methoxy groups -OCH3 is 1. The Morgan fingerprint density at radius 1 is 1.12 bits per heavy atom. The van der Waals surface area contributed by atoms with E-state index in [0.717, 1.165) is 22.3 Å². The zero-order valence-electron chi connectivity index (χ0n) is 14.2. The number of aromatic nitrogens is 1. The predicted octanol–water partition coefficient (Wildman–Crippen LogP) is 4.64. The number of thiocarbonyl (C=S) groups is 1. The summed E-state index contributed by atoms with van der Waals surface area (Å²) >= 11 is 5.55. The van der Waals surface area contributed by atoms with Crippen LogP contribution in [0.1, 0.15) is 44.9 Å². The maximum absolute atomic E-state index is 5.55. The summed E-state index contributed by atoms with van der Waals surface area (Å²) in [4.78, 5) is 4.43. The lowest BCUT2D eigenvalue weighted by Crippen LogP contribution is -2.38. The van der Waals surface area contributed by atoms with Gasteiger partial charge < -0.3 is 15.4 Å². The summed E-state index contributed by atoms with van der Waals surface area (Å²) in [5.41, 5.74) is 1.81. The molecule has 0 atom stereocenters. The number of hydrogen-bond donors (Lipinski definition) is 2. The van der Waals surface area contributed by atoms with Gasteiger partial charge in [-0.1, -0.05) is 32.1 Å². The summed E-state index contributed by atoms with van der Waals surface area (Å²) in [6.07, 6.45) is 10.8. The van der Waals surface area contributed by atoms with Gasteiger partial charge in [-0.15, -0.1) is 0 Å². The lowest BCUT2D eigenvalue weighted by Gasteiger charge is -2.23. The summed E-state index contributed by atoms with van der Waals surface area (Å²) in [5, 5.41) is 8.54. The van der Waals surface area contributed by atoms with E-state index in [1.54, 1.807) is 13.3 Å². The average molecular weight is 343 g/mol. The maximum atomic E-state index is 5.55. The minimum absolute atomic E-state index is 0.480. The highest BCUT2D eigenvalue weighted by Gasteiger charge is 2.13. The Morgan fingerprint density at radius 3 is 2.62 bits per heavy atom. The predicted molar refractivity (Wildman–Crippen MR) is 104 cm³/mol. The molecule has 128 valence electrons. The zero-order valence-corrected chi connectivity index (χ0v) is 15.0. The van der Waals surface area contributed by atoms with Crippen molar-refractivity contribution < 1.29 is 4.74 Å². The van der Waals surface area contributed by atoms with Gasteiger partial charge in [-0.2, -0.15) is 0 Å². The molecule has 2 N–H and O–H groups in total. The summed E-state index contributed by atoms with van der Waals surface area (Å²) < 4.78 is 5.40. The van der Waals surface area contributed by atoms with Crippen LogP contribution in [0.5, 0.6) is 5.75 Å². The SMILES string of the molecule is COc1ccc(NC(=S)NC2CCCCCCC2)c2cccnc12. The molecule has 1 aromatic carbocycles. The summed E-state index contributed by atoms with van der Waals surface area (Å²) in [6.45, 7) is 0. The molecule has 0 spiro atoms. The average Bonchev–Trinajstić information content (AvgIpc) is 2.57. The van der Waals surface area contributed by atoms with Gasteiger partial charge in [0.2, 0.25) is 0 Å². The van der Waals surface area contributed by atoms with Gasteiger partial charge in [0.05, 0.1) is 7.11 Å². The molecule has 1 heterocycles. The van der Waals surface area contributed by atoms with Crippen molar-refractivity contribution in [1.29, 1.82) is 0 Å². The Kier molecular flexibility index (Phi) is 5.86. The number of hydrogen-bond acceptors (Lipinski definition) is 3. The third-order valence-corrected chi connectivity index (χ3v) is 4.86. The second-order valence-corrected chi connectivity index (χ2v) is 6.76. The number of benzene rings is 1. The van der Waals surface area contributed by atoms with E-state index in [-0.39, 0.29) is 0 Å². The van der Waals surface area contributed by atoms with Gasteiger partial charge >= 0.3 is 0 Å². The zero-order chi connectivity index (χ0) is 16.8. The van der Waals surface area contributed by atoms with Crippen LogP contribution in [-0.2, 0) is 0 Å². The van der Waals surface area contributed by atoms with Gasteiger partial charge in [-0.25, -0.2) is 0 Å². The first-order valence-electron chi connectivity index (χ1n) is 8.77. The largest absolute Gasteiger partial charge is 0.494 e. The summed E-state index contributed by atoms with van der Waals surface area (Å²) in [7, 11) is 1.66. The molecule has 1 saturated carbocycles. The van der Waals surface area contributed by atoms with E-state index in [1.807, 2.05) is 24.3 Å². The molecule has 1 fully saturated rings. The maximum Gasteiger partial charge on any atom is 0.171 e. The number of nitrogens with zero attached hydrogens (tertiary/aromatic N) is 1. The molecular weight excluding hydrogens is 318 g/mol. The van der Waals surface area contributed by atoms with Crippen LogP contribution in [0.4, 0.5) is 5.69 Å². The molecule has 0 aliphatic heterocycles. The van der Waals surface area contributed by atoms with Gasteiger partial charge in [-0.05, 0) is 49.3 Å². The van der Waals surface area contributed by atoms with Gasteiger partial charge in [0.25, 0.3) is 0 Å². The van der Waals surface area contributed by atoms with Crippen LogP contribution < -0.4 is 15.4 Å². The second kappa shape index (κ2) is 8.29. The standard InChI is InChI=1S/C19H25N3OS/c1-23-17-12-11-16(15-10-7-13-20-18(15)17)22-19(24)21-14-8-5-3-2-4-6-9-14/h7,10-14H,2-6,8-9H2,1H3,(H2,21,22,24). The van der Waals surface area contributed by atoms with E-state index in [2.05, 4.69) is 15.6 Å². The highest BCUT2D eigenvalue weighted by molar-refractivity contribution is 7.80. The Morgan fingerprint density at radius 2 is 1.88 bits per heavy atom. The van der Waals surface area contributed by atoms with Crippen molar-refractivity contribution in [2.45, 2.75) is 51.0 Å². The molecule has 0 saturated heterocycles. The number of fused-ring (bicyclic) bond motifs is 1. The molecule has 0 unspecified atom stereocenters. The highest BCUT2D eigenvalue weighted by atomic mass is 32.1. The Hall–Kier alpha value is -1.88. The van der Waals surface area contributed by atoms with E-state index < -0.39 is 0 Å². The van der Waals surface area contributed by atoms with Crippen molar-refractivity contribution in [1.82, 2.24) is 10.3 Å². The lowest BCUT2D eigenvalue weighted by atomic mass is 9.97. The first-order chi connectivity index (χ1) is 11.8. The van der Waals surface area contributed by atoms with E-state index in [4.69, 9.17) is 17.0 Å². The van der Waals surface area contributed by atoms with Crippen molar-refractivity contribution in [3.8, 4) is 5.75 Å². The van der Waals surface area contributed by atoms with Crippen LogP contribution in [0.3, 0.4) is 0 Å². The molecule has 5 heteroatoms. The van der Waals surface area contributed by atoms with Gasteiger partial charge in [-0.3, -0.25) is 4.98 Å². The van der Waals surface area contributed by atoms with Crippen LogP contribution in [0, 0.1) is 0 Å². The summed E-state index contributed by atoms with van der Waals surface area (Å²) in [6, 6.07) is 8.36. The number of ether oxygens (including phenoxy) is 1. The molecule has 1 aliphatic carbocycles. The Bertz CT molecular complexity index is 696. The van der Waals surface area contributed by atoms with Crippen molar-refractivity contribution in [3.05, 3.63) is 30.5 Å². The Labute approximate surface area is 149 Å². The van der Waals surface area contributed by atoms with Crippen LogP contribution >= 0.6 is 12.2 Å². The highest BCUT2D eigenvalue weighted by Crippen LogP contribution is 2.29. The smallest absolute Gasteiger partial charge is 0.171 e. The molecule has 4 nitrogen and oxygen atoms in total.